The topological polar surface area (TPSA) is 166 Å². The van der Waals surface area contributed by atoms with Gasteiger partial charge in [0.05, 0.1) is 31.2 Å². The number of likely N-dealkylation sites (tertiary alicyclic amines) is 2. The Morgan fingerprint density at radius 3 is 2.48 bits per heavy atom. The fraction of sp³-hybridized carbons (Fsp3) is 0.513. The lowest BCUT2D eigenvalue weighted by Crippen LogP contribution is -2.51. The molecule has 2 saturated heterocycles. The largest absolute Gasteiger partial charge is 0.484 e. The summed E-state index contributed by atoms with van der Waals surface area (Å²) in [5, 5.41) is 28.2. The molecule has 13 nitrogen and oxygen atoms in total. The van der Waals surface area contributed by atoms with Crippen LogP contribution in [0.25, 0.3) is 0 Å². The van der Waals surface area contributed by atoms with E-state index >= 15 is 0 Å². The van der Waals surface area contributed by atoms with E-state index in [0.717, 1.165) is 56.6 Å². The lowest BCUT2D eigenvalue weighted by molar-refractivity contribution is 0.169. The average Bonchev–Trinajstić information content (AvgIpc) is 3.81. The lowest BCUT2D eigenvalue weighted by atomic mass is 9.85. The van der Waals surface area contributed by atoms with Crippen LogP contribution in [0, 0.1) is 16.7 Å². The molecule has 4 heterocycles. The maximum atomic E-state index is 13.5. The van der Waals surface area contributed by atoms with E-state index in [1.807, 2.05) is 49.0 Å². The number of piperidine rings is 1. The molecule has 1 aliphatic carbocycles. The zero-order valence-corrected chi connectivity index (χ0v) is 31.0. The molecule has 6 N–H and O–H groups in total. The van der Waals surface area contributed by atoms with Crippen molar-refractivity contribution in [2.75, 3.05) is 19.6 Å². The van der Waals surface area contributed by atoms with Gasteiger partial charge >= 0.3 is 6.03 Å². The first-order chi connectivity index (χ1) is 25.0. The van der Waals surface area contributed by atoms with E-state index in [0.29, 0.717) is 41.8 Å². The summed E-state index contributed by atoms with van der Waals surface area (Å²) in [6.07, 6.45) is 13.9. The van der Waals surface area contributed by atoms with E-state index in [1.54, 1.807) is 35.2 Å². The van der Waals surface area contributed by atoms with Gasteiger partial charge in [0.1, 0.15) is 28.9 Å². The number of urea groups is 1. The Morgan fingerprint density at radius 1 is 1.02 bits per heavy atom. The van der Waals surface area contributed by atoms with Crippen LogP contribution >= 0.6 is 0 Å². The maximum absolute atomic E-state index is 13.5. The third-order valence-corrected chi connectivity index (χ3v) is 10.5. The van der Waals surface area contributed by atoms with Crippen LogP contribution in [0.3, 0.4) is 0 Å². The molecule has 3 aliphatic rings. The van der Waals surface area contributed by atoms with E-state index < -0.39 is 0 Å². The Bertz CT molecular complexity index is 1830. The highest BCUT2D eigenvalue weighted by Crippen LogP contribution is 2.38. The molecular weight excluding hydrogens is 655 g/mol. The third kappa shape index (κ3) is 8.93. The van der Waals surface area contributed by atoms with Crippen molar-refractivity contribution >= 4 is 23.5 Å². The van der Waals surface area contributed by atoms with Crippen LogP contribution in [0.15, 0.2) is 71.8 Å². The minimum atomic E-state index is -0.376. The van der Waals surface area contributed by atoms with Gasteiger partial charge in [-0.25, -0.2) is 9.79 Å². The number of carbonyl (C=O) groups is 1. The molecule has 2 aromatic heterocycles. The second kappa shape index (κ2) is 16.6. The smallest absolute Gasteiger partial charge is 0.320 e. The number of benzene rings is 1. The lowest BCUT2D eigenvalue weighted by Gasteiger charge is -2.41. The number of nitrogens with zero attached hydrogens (tertiary/aromatic N) is 6. The Kier molecular flexibility index (Phi) is 11.8. The summed E-state index contributed by atoms with van der Waals surface area (Å²) >= 11 is 0. The fourth-order valence-corrected chi connectivity index (χ4v) is 7.53. The standard InChI is InChI=1S/C39H55N11O2/c1-26(2)33(40)22-37(44-29-23-43-48(24-29)21-20-47-18-7-8-19-47)46-39(51)45-34-15-16-35(32-13-6-5-12-31(32)34)52-30-14-17-36(41)49(25-30)38(42)50-27(3)10-9-11-28(50)4/h5-6,12-14,17,22-28,34-35,41-42H,7-11,15-16,18-21,40H2,1-4H3,(H2,44,45,46,51). The van der Waals surface area contributed by atoms with Gasteiger partial charge in [-0.1, -0.05) is 38.1 Å². The molecule has 6 rings (SSSR count). The molecule has 0 spiro atoms. The summed E-state index contributed by atoms with van der Waals surface area (Å²) in [6, 6.07) is 11.4. The monoisotopic (exact) mass is 709 g/mol. The molecule has 0 bridgehead atoms. The second-order valence-electron chi connectivity index (χ2n) is 14.8. The van der Waals surface area contributed by atoms with Gasteiger partial charge in [0.25, 0.3) is 0 Å². The molecule has 52 heavy (non-hydrogen) atoms. The van der Waals surface area contributed by atoms with E-state index in [-0.39, 0.29) is 41.7 Å². The molecule has 278 valence electrons. The maximum Gasteiger partial charge on any atom is 0.320 e. The quantitative estimate of drug-likeness (QED) is 0.139. The van der Waals surface area contributed by atoms with Crippen LogP contribution in [0.1, 0.15) is 95.9 Å². The van der Waals surface area contributed by atoms with E-state index in [4.69, 9.17) is 26.3 Å². The molecule has 2 fully saturated rings. The van der Waals surface area contributed by atoms with Crippen LogP contribution in [0.4, 0.5) is 10.5 Å². The molecule has 4 unspecified atom stereocenters. The van der Waals surface area contributed by atoms with Crippen molar-refractivity contribution in [2.45, 2.75) is 103 Å². The van der Waals surface area contributed by atoms with Crippen LogP contribution in [0.5, 0.6) is 5.75 Å². The first-order valence-electron chi connectivity index (χ1n) is 18.8. The minimum absolute atomic E-state index is 0.0784. The number of pyridine rings is 1. The van der Waals surface area contributed by atoms with E-state index in [2.05, 4.69) is 39.4 Å². The number of fused-ring (bicyclic) bond motifs is 1. The van der Waals surface area contributed by atoms with Gasteiger partial charge in [0, 0.05) is 24.3 Å². The van der Waals surface area contributed by atoms with Gasteiger partial charge in [0.2, 0.25) is 5.96 Å². The molecule has 0 saturated carbocycles. The number of aromatic nitrogens is 3. The van der Waals surface area contributed by atoms with Crippen molar-refractivity contribution in [1.82, 2.24) is 34.8 Å². The molecule has 1 aromatic carbocycles. The van der Waals surface area contributed by atoms with Gasteiger partial charge in [-0.2, -0.15) is 5.10 Å². The average molecular weight is 710 g/mol. The molecule has 3 aromatic rings. The van der Waals surface area contributed by atoms with Crippen molar-refractivity contribution in [3.63, 3.8) is 0 Å². The van der Waals surface area contributed by atoms with Crippen molar-refractivity contribution < 1.29 is 9.53 Å². The Hall–Kier alpha value is -4.91. The summed E-state index contributed by atoms with van der Waals surface area (Å²) in [5.74, 6) is 1.32. The van der Waals surface area contributed by atoms with Gasteiger partial charge < -0.3 is 25.6 Å². The number of amides is 2. The molecule has 2 amide bonds. The number of nitrogens with two attached hydrogens (primary N) is 1. The number of amidine groups is 1. The van der Waals surface area contributed by atoms with Crippen LogP contribution in [0.2, 0.25) is 0 Å². The first kappa shape index (κ1) is 36.9. The van der Waals surface area contributed by atoms with Crippen LogP contribution < -0.4 is 26.6 Å². The highest BCUT2D eigenvalue weighted by atomic mass is 16.5. The van der Waals surface area contributed by atoms with Crippen molar-refractivity contribution in [2.24, 2.45) is 16.6 Å². The summed E-state index contributed by atoms with van der Waals surface area (Å²) in [6.45, 7) is 12.3. The highest BCUT2D eigenvalue weighted by Gasteiger charge is 2.31. The van der Waals surface area contributed by atoms with Gasteiger partial charge in [-0.15, -0.1) is 0 Å². The summed E-state index contributed by atoms with van der Waals surface area (Å²) in [7, 11) is 0. The number of hydrogen-bond acceptors (Lipinski definition) is 8. The number of hydrogen-bond donors (Lipinski definition) is 5. The predicted molar refractivity (Wildman–Crippen MR) is 204 cm³/mol. The molecule has 4 atom stereocenters. The summed E-state index contributed by atoms with van der Waals surface area (Å²) in [4.78, 5) is 22.8. The van der Waals surface area contributed by atoms with Crippen LogP contribution in [-0.2, 0) is 6.54 Å². The predicted octanol–water partition coefficient (Wildman–Crippen LogP) is 5.79. The summed E-state index contributed by atoms with van der Waals surface area (Å²) in [5.41, 5.74) is 9.79. The fourth-order valence-electron chi connectivity index (χ4n) is 7.53. The number of aliphatic imine (C=N–C) groups is 1. The van der Waals surface area contributed by atoms with Crippen molar-refractivity contribution in [3.05, 3.63) is 83.4 Å². The number of nitrogens with one attached hydrogen (secondary N) is 4. The van der Waals surface area contributed by atoms with Crippen molar-refractivity contribution in [3.8, 4) is 5.75 Å². The van der Waals surface area contributed by atoms with Crippen molar-refractivity contribution in [1.29, 1.82) is 10.8 Å². The van der Waals surface area contributed by atoms with E-state index in [9.17, 15) is 4.79 Å². The zero-order valence-electron chi connectivity index (χ0n) is 31.0. The molecule has 0 radical (unpaired) electrons. The second-order valence-corrected chi connectivity index (χ2v) is 14.8. The summed E-state index contributed by atoms with van der Waals surface area (Å²) < 4.78 is 10.1. The highest BCUT2D eigenvalue weighted by molar-refractivity contribution is 6.05. The number of allylic oxidation sites excluding steroid dienone is 1. The number of carbonyl (C=O) groups excluding carboxylic acids is 1. The Morgan fingerprint density at radius 2 is 1.75 bits per heavy atom. The van der Waals surface area contributed by atoms with Gasteiger partial charge in [-0.3, -0.25) is 25.4 Å². The normalized spacial score (nSPS) is 22.7. The SMILES string of the molecule is CC(C)C(N)=CC(=Nc1cnn(CCN2CCCC2)c1)NC(=O)NC1CCC(Oc2ccc(=N)n(C(=N)N3C(C)CCCC3C)c2)c2ccccc21. The molecule has 13 heteroatoms. The number of rotatable bonds is 9. The Labute approximate surface area is 306 Å². The van der Waals surface area contributed by atoms with Gasteiger partial charge in [0.15, 0.2) is 0 Å². The number of ether oxygens (including phenoxy) is 1. The van der Waals surface area contributed by atoms with Gasteiger partial charge in [-0.05, 0) is 107 Å². The minimum Gasteiger partial charge on any atom is -0.484 e. The third-order valence-electron chi connectivity index (χ3n) is 10.5. The van der Waals surface area contributed by atoms with Crippen LogP contribution in [-0.4, -0.2) is 73.7 Å². The zero-order chi connectivity index (χ0) is 36.8. The van der Waals surface area contributed by atoms with E-state index in [1.165, 1.54) is 12.8 Å². The Balaban J connectivity index is 1.14. The molecular formula is C39H55N11O2. The first-order valence-corrected chi connectivity index (χ1v) is 18.8. The molecule has 2 aliphatic heterocycles.